The summed E-state index contributed by atoms with van der Waals surface area (Å²) in [6, 6.07) is 10.1. The average molecular weight is 183 g/mol. The normalized spacial score (nSPS) is 10.8. The fourth-order valence-electron chi connectivity index (χ4n) is 1.20. The van der Waals surface area contributed by atoms with E-state index in [0.717, 1.165) is 22.3 Å². The number of allylic oxidation sites excluding steroid dienone is 3. The number of hydrogen-bond donors (Lipinski definition) is 0. The highest BCUT2D eigenvalue weighted by molar-refractivity contribution is 5.69. The first kappa shape index (κ1) is 10.3. The van der Waals surface area contributed by atoms with Crippen LogP contribution in [0.2, 0.25) is 0 Å². The van der Waals surface area contributed by atoms with Crippen molar-refractivity contribution in [3.8, 4) is 6.07 Å². The lowest BCUT2D eigenvalue weighted by Gasteiger charge is -2.02. The summed E-state index contributed by atoms with van der Waals surface area (Å²) in [5, 5.41) is 8.50. The first-order chi connectivity index (χ1) is 6.65. The third kappa shape index (κ3) is 2.34. The molecule has 0 amide bonds. The number of nitriles is 1. The van der Waals surface area contributed by atoms with E-state index in [0.29, 0.717) is 0 Å². The van der Waals surface area contributed by atoms with E-state index in [-0.39, 0.29) is 0 Å². The summed E-state index contributed by atoms with van der Waals surface area (Å²) in [4.78, 5) is 0. The van der Waals surface area contributed by atoms with Gasteiger partial charge in [0.15, 0.2) is 0 Å². The van der Waals surface area contributed by atoms with Gasteiger partial charge in [-0.05, 0) is 30.5 Å². The van der Waals surface area contributed by atoms with Gasteiger partial charge in [0.1, 0.15) is 0 Å². The zero-order valence-electron chi connectivity index (χ0n) is 8.54. The first-order valence-electron chi connectivity index (χ1n) is 4.48. The van der Waals surface area contributed by atoms with Gasteiger partial charge in [0.05, 0.1) is 6.07 Å². The number of rotatable bonds is 2. The maximum Gasteiger partial charge on any atom is 0.0915 e. The van der Waals surface area contributed by atoms with Crippen LogP contribution in [0.4, 0.5) is 0 Å². The summed E-state index contributed by atoms with van der Waals surface area (Å²) in [5.74, 6) is 0. The maximum absolute atomic E-state index is 8.50. The molecule has 0 aliphatic rings. The molecule has 1 rings (SSSR count). The Kier molecular flexibility index (Phi) is 3.25. The minimum Gasteiger partial charge on any atom is -0.193 e. The Bertz CT molecular complexity index is 402. The molecule has 0 unspecified atom stereocenters. The zero-order chi connectivity index (χ0) is 10.6. The number of nitrogens with zero attached hydrogens (tertiary/aromatic N) is 1. The topological polar surface area (TPSA) is 23.8 Å². The third-order valence-corrected chi connectivity index (χ3v) is 2.11. The average Bonchev–Trinajstić information content (AvgIpc) is 2.18. The molecule has 0 heterocycles. The molecule has 1 aromatic rings. The van der Waals surface area contributed by atoms with Gasteiger partial charge >= 0.3 is 0 Å². The monoisotopic (exact) mass is 183 g/mol. The molecule has 0 radical (unpaired) electrons. The van der Waals surface area contributed by atoms with Crippen molar-refractivity contribution in [2.45, 2.75) is 13.8 Å². The number of benzene rings is 1. The van der Waals surface area contributed by atoms with Crippen LogP contribution in [0.15, 0.2) is 36.9 Å². The predicted molar refractivity (Wildman–Crippen MR) is 60.4 cm³/mol. The van der Waals surface area contributed by atoms with Gasteiger partial charge in [0.25, 0.3) is 0 Å². The molecule has 0 saturated carbocycles. The van der Waals surface area contributed by atoms with E-state index in [4.69, 9.17) is 5.26 Å². The Balaban J connectivity index is 3.01. The molecule has 0 aliphatic heterocycles. The van der Waals surface area contributed by atoms with Gasteiger partial charge in [-0.25, -0.2) is 0 Å². The van der Waals surface area contributed by atoms with Gasteiger partial charge in [-0.1, -0.05) is 36.4 Å². The second kappa shape index (κ2) is 4.43. The lowest BCUT2D eigenvalue weighted by molar-refractivity contribution is 1.50. The van der Waals surface area contributed by atoms with Crippen LogP contribution in [-0.4, -0.2) is 0 Å². The smallest absolute Gasteiger partial charge is 0.0915 e. The molecule has 0 N–H and O–H groups in total. The molecule has 0 aliphatic carbocycles. The molecule has 70 valence electrons. The second-order valence-corrected chi connectivity index (χ2v) is 3.31. The van der Waals surface area contributed by atoms with Crippen molar-refractivity contribution in [2.75, 3.05) is 0 Å². The molecule has 1 aromatic carbocycles. The van der Waals surface area contributed by atoms with Crippen molar-refractivity contribution in [3.63, 3.8) is 0 Å². The molecule has 1 heteroatoms. The van der Waals surface area contributed by atoms with E-state index in [9.17, 15) is 0 Å². The third-order valence-electron chi connectivity index (χ3n) is 2.11. The SMILES string of the molecule is C=C(C)c1ccc(/C(C)=C/C#N)cc1. The first-order valence-corrected chi connectivity index (χ1v) is 4.48. The Morgan fingerprint density at radius 2 is 1.71 bits per heavy atom. The van der Waals surface area contributed by atoms with Gasteiger partial charge in [-0.2, -0.15) is 5.26 Å². The fraction of sp³-hybridized carbons (Fsp3) is 0.154. The fourth-order valence-corrected chi connectivity index (χ4v) is 1.20. The summed E-state index contributed by atoms with van der Waals surface area (Å²) < 4.78 is 0. The Labute approximate surface area is 85.0 Å². The van der Waals surface area contributed by atoms with E-state index >= 15 is 0 Å². The van der Waals surface area contributed by atoms with Gasteiger partial charge in [0.2, 0.25) is 0 Å². The molecule has 0 spiro atoms. The highest BCUT2D eigenvalue weighted by Crippen LogP contribution is 2.17. The van der Waals surface area contributed by atoms with Crippen molar-refractivity contribution in [1.82, 2.24) is 0 Å². The predicted octanol–water partition coefficient (Wildman–Crippen LogP) is 3.65. The molecule has 0 fully saturated rings. The molecule has 14 heavy (non-hydrogen) atoms. The van der Waals surface area contributed by atoms with Crippen LogP contribution in [0.1, 0.15) is 25.0 Å². The van der Waals surface area contributed by atoms with Crippen LogP contribution in [0.3, 0.4) is 0 Å². The van der Waals surface area contributed by atoms with Crippen LogP contribution in [0.5, 0.6) is 0 Å². The van der Waals surface area contributed by atoms with E-state index in [1.807, 2.05) is 44.2 Å². The highest BCUT2D eigenvalue weighted by atomic mass is 14.2. The maximum atomic E-state index is 8.50. The van der Waals surface area contributed by atoms with E-state index in [2.05, 4.69) is 6.58 Å². The molecule has 0 bridgehead atoms. The van der Waals surface area contributed by atoms with Crippen molar-refractivity contribution >= 4 is 11.1 Å². The zero-order valence-corrected chi connectivity index (χ0v) is 8.54. The number of hydrogen-bond acceptors (Lipinski definition) is 1. The molecule has 1 nitrogen and oxygen atoms in total. The minimum absolute atomic E-state index is 0.987. The van der Waals surface area contributed by atoms with Gasteiger partial charge in [0, 0.05) is 6.08 Å². The summed E-state index contributed by atoms with van der Waals surface area (Å²) in [5.41, 5.74) is 4.26. The molecule has 0 saturated heterocycles. The Hall–Kier alpha value is -1.81. The van der Waals surface area contributed by atoms with E-state index in [1.54, 1.807) is 6.08 Å². The van der Waals surface area contributed by atoms with Crippen molar-refractivity contribution in [3.05, 3.63) is 48.0 Å². The van der Waals surface area contributed by atoms with Gasteiger partial charge < -0.3 is 0 Å². The van der Waals surface area contributed by atoms with Crippen LogP contribution in [-0.2, 0) is 0 Å². The second-order valence-electron chi connectivity index (χ2n) is 3.31. The van der Waals surface area contributed by atoms with Crippen LogP contribution in [0, 0.1) is 11.3 Å². The minimum atomic E-state index is 0.987. The highest BCUT2D eigenvalue weighted by Gasteiger charge is 1.96. The summed E-state index contributed by atoms with van der Waals surface area (Å²) in [7, 11) is 0. The lowest BCUT2D eigenvalue weighted by atomic mass is 10.0. The van der Waals surface area contributed by atoms with Crippen LogP contribution in [0.25, 0.3) is 11.1 Å². The van der Waals surface area contributed by atoms with Crippen molar-refractivity contribution in [2.24, 2.45) is 0 Å². The van der Waals surface area contributed by atoms with Crippen LogP contribution >= 0.6 is 0 Å². The Morgan fingerprint density at radius 1 is 1.21 bits per heavy atom. The summed E-state index contributed by atoms with van der Waals surface area (Å²) in [6.45, 7) is 7.78. The van der Waals surface area contributed by atoms with Crippen LogP contribution < -0.4 is 0 Å². The Morgan fingerprint density at radius 3 is 2.14 bits per heavy atom. The largest absolute Gasteiger partial charge is 0.193 e. The molecular formula is C13H13N. The molecule has 0 atom stereocenters. The van der Waals surface area contributed by atoms with E-state index in [1.165, 1.54) is 0 Å². The molecular weight excluding hydrogens is 170 g/mol. The standard InChI is InChI=1S/C13H13N/c1-10(2)12-4-6-13(7-5-12)11(3)8-9-14/h4-8H,1H2,2-3H3/b11-8+. The van der Waals surface area contributed by atoms with E-state index < -0.39 is 0 Å². The van der Waals surface area contributed by atoms with Gasteiger partial charge in [-0.15, -0.1) is 0 Å². The quantitative estimate of drug-likeness (QED) is 0.642. The molecule has 0 aromatic heterocycles. The lowest BCUT2D eigenvalue weighted by Crippen LogP contribution is -1.81. The van der Waals surface area contributed by atoms with Crippen molar-refractivity contribution < 1.29 is 0 Å². The summed E-state index contributed by atoms with van der Waals surface area (Å²) in [6.07, 6.45) is 1.55. The van der Waals surface area contributed by atoms with Gasteiger partial charge in [-0.3, -0.25) is 0 Å². The summed E-state index contributed by atoms with van der Waals surface area (Å²) >= 11 is 0. The van der Waals surface area contributed by atoms with Crippen molar-refractivity contribution in [1.29, 1.82) is 5.26 Å².